The number of esters is 2. The summed E-state index contributed by atoms with van der Waals surface area (Å²) in [6, 6.07) is -1.64. The third kappa shape index (κ3) is 13.1. The molecule has 372 valence electrons. The molecular weight excluding hydrogens is 835 g/mol. The molecule has 3 rings (SSSR count). The van der Waals surface area contributed by atoms with Gasteiger partial charge in [0.15, 0.2) is 18.7 Å². The van der Waals surface area contributed by atoms with Gasteiger partial charge >= 0.3 is 11.9 Å². The fraction of sp³-hybridized carbons (Fsp3) is 0.913. The van der Waals surface area contributed by atoms with Crippen LogP contribution >= 0.6 is 0 Å². The number of aliphatic hydroxyl groups is 3. The van der Waals surface area contributed by atoms with Gasteiger partial charge in [0, 0.05) is 53.0 Å². The van der Waals surface area contributed by atoms with Gasteiger partial charge in [-0.05, 0) is 80.8 Å². The third-order valence-corrected chi connectivity index (χ3v) is 14.2. The molecular formula is C46H83N3O15. The normalized spacial score (nSPS) is 41.9. The topological polar surface area (TPSA) is 221 Å². The van der Waals surface area contributed by atoms with Crippen LogP contribution in [-0.2, 0) is 57.1 Å². The Balaban J connectivity index is 2.19. The molecule has 0 saturated carbocycles. The van der Waals surface area contributed by atoms with Gasteiger partial charge in [-0.2, -0.15) is 0 Å². The zero-order valence-corrected chi connectivity index (χ0v) is 41.5. The molecule has 3 aliphatic heterocycles. The number of nitrogens with one attached hydrogen (secondary N) is 1. The summed E-state index contributed by atoms with van der Waals surface area (Å²) in [7, 11) is 4.59. The van der Waals surface area contributed by atoms with E-state index < -0.39 is 126 Å². The zero-order chi connectivity index (χ0) is 48.6. The molecule has 1 unspecified atom stereocenters. The molecule has 3 fully saturated rings. The smallest absolute Gasteiger partial charge is 0.311 e. The van der Waals surface area contributed by atoms with Crippen LogP contribution in [0.4, 0.5) is 0 Å². The van der Waals surface area contributed by atoms with Crippen LogP contribution in [0.2, 0.25) is 0 Å². The van der Waals surface area contributed by atoms with E-state index in [2.05, 4.69) is 10.2 Å². The molecule has 0 aromatic heterocycles. The van der Waals surface area contributed by atoms with Crippen molar-refractivity contribution in [2.45, 2.75) is 212 Å². The predicted octanol–water partition coefficient (Wildman–Crippen LogP) is 2.94. The summed E-state index contributed by atoms with van der Waals surface area (Å²) >= 11 is 0. The summed E-state index contributed by atoms with van der Waals surface area (Å²) in [5.41, 5.74) is -4.46. The van der Waals surface area contributed by atoms with E-state index in [4.69, 9.17) is 37.9 Å². The first kappa shape index (κ1) is 55.8. The molecule has 0 bridgehead atoms. The molecule has 0 aromatic carbocycles. The minimum absolute atomic E-state index is 0.0296. The Morgan fingerprint density at radius 2 is 1.48 bits per heavy atom. The number of hydrogen-bond acceptors (Lipinski definition) is 16. The van der Waals surface area contributed by atoms with Crippen molar-refractivity contribution in [3.63, 3.8) is 0 Å². The Morgan fingerprint density at radius 3 is 2.03 bits per heavy atom. The highest BCUT2D eigenvalue weighted by Crippen LogP contribution is 2.41. The lowest BCUT2D eigenvalue weighted by Gasteiger charge is -2.50. The second-order valence-corrected chi connectivity index (χ2v) is 19.1. The fourth-order valence-electron chi connectivity index (χ4n) is 9.72. The van der Waals surface area contributed by atoms with Crippen LogP contribution in [0.5, 0.6) is 0 Å². The molecule has 0 aliphatic carbocycles. The first-order chi connectivity index (χ1) is 29.7. The average Bonchev–Trinajstić information content (AvgIpc) is 3.24. The number of hydrogen-bond donors (Lipinski definition) is 4. The van der Waals surface area contributed by atoms with Crippen LogP contribution in [0.15, 0.2) is 0 Å². The molecule has 2 amide bonds. The van der Waals surface area contributed by atoms with Crippen molar-refractivity contribution in [2.75, 3.05) is 40.9 Å². The van der Waals surface area contributed by atoms with Crippen molar-refractivity contribution in [1.29, 1.82) is 0 Å². The van der Waals surface area contributed by atoms with E-state index in [1.807, 2.05) is 20.8 Å². The van der Waals surface area contributed by atoms with Gasteiger partial charge in [0.05, 0.1) is 54.4 Å². The first-order valence-corrected chi connectivity index (χ1v) is 23.2. The quantitative estimate of drug-likeness (QED) is 0.184. The molecule has 64 heavy (non-hydrogen) atoms. The Hall–Kier alpha value is -2.52. The van der Waals surface area contributed by atoms with E-state index >= 15 is 0 Å². The Labute approximate surface area is 381 Å². The van der Waals surface area contributed by atoms with Crippen molar-refractivity contribution in [1.82, 2.24) is 15.1 Å². The lowest BCUT2D eigenvalue weighted by molar-refractivity contribution is -0.319. The van der Waals surface area contributed by atoms with Crippen molar-refractivity contribution in [3.8, 4) is 0 Å². The molecule has 0 aromatic rings. The summed E-state index contributed by atoms with van der Waals surface area (Å²) < 4.78 is 51.0. The van der Waals surface area contributed by atoms with Gasteiger partial charge in [0.2, 0.25) is 11.8 Å². The van der Waals surface area contributed by atoms with Crippen molar-refractivity contribution < 1.29 is 72.4 Å². The number of carbonyl (C=O) groups is 4. The Kier molecular flexibility index (Phi) is 20.5. The van der Waals surface area contributed by atoms with Crippen LogP contribution in [0, 0.1) is 17.8 Å². The van der Waals surface area contributed by atoms with Crippen LogP contribution < -0.4 is 5.32 Å². The molecule has 18 heteroatoms. The Morgan fingerprint density at radius 1 is 0.891 bits per heavy atom. The molecule has 3 aliphatic rings. The molecule has 0 spiro atoms. The highest BCUT2D eigenvalue weighted by Gasteiger charge is 2.54. The highest BCUT2D eigenvalue weighted by molar-refractivity contribution is 5.78. The fourth-order valence-corrected chi connectivity index (χ4v) is 9.72. The lowest BCUT2D eigenvalue weighted by Crippen LogP contribution is -2.61. The molecule has 18 atom stereocenters. The first-order valence-electron chi connectivity index (χ1n) is 23.2. The minimum Gasteiger partial charge on any atom is -0.459 e. The second-order valence-electron chi connectivity index (χ2n) is 19.1. The van der Waals surface area contributed by atoms with Crippen molar-refractivity contribution >= 4 is 23.8 Å². The maximum absolute atomic E-state index is 14.5. The molecule has 0 radical (unpaired) electrons. The summed E-state index contributed by atoms with van der Waals surface area (Å²) in [4.78, 5) is 57.7. The lowest BCUT2D eigenvalue weighted by atomic mass is 9.77. The van der Waals surface area contributed by atoms with E-state index in [0.717, 1.165) is 13.1 Å². The predicted molar refractivity (Wildman–Crippen MR) is 236 cm³/mol. The molecule has 18 nitrogen and oxygen atoms in total. The van der Waals surface area contributed by atoms with Gasteiger partial charge < -0.3 is 68.3 Å². The Bertz CT molecular complexity index is 1530. The van der Waals surface area contributed by atoms with E-state index in [1.165, 1.54) is 33.0 Å². The van der Waals surface area contributed by atoms with E-state index in [1.54, 1.807) is 62.4 Å². The summed E-state index contributed by atoms with van der Waals surface area (Å²) in [5, 5.41) is 37.9. The van der Waals surface area contributed by atoms with E-state index in [0.29, 0.717) is 13.0 Å². The monoisotopic (exact) mass is 918 g/mol. The standard InChI is InChI=1S/C46H83N3O15/c1-17-33-46(13,56)38(53)29(8)47-41(54)25(4)23-44(11,57-15)39(64-43-36(52)32(22-26(5)59-43)48(14)31(10)50)27(6)37(28(7)42(55)61-33)63-35-24-45(12,58-16)40(30(9)60-35)62-34(51)20-21-49(18-2)19-3/h25-30,32-33,35-40,43,52-53,56H,17-24H2,1-16H3,(H,47,54)/t25-,26-,27+,28-,29-,30+,32+,33-,35+,36-,37+,38-,39-,40?,43+,44-,45-,46-/m1/s1. The van der Waals surface area contributed by atoms with E-state index in [-0.39, 0.29) is 31.6 Å². The number of amides is 2. The van der Waals surface area contributed by atoms with Crippen molar-refractivity contribution in [2.24, 2.45) is 17.8 Å². The maximum Gasteiger partial charge on any atom is 0.311 e. The zero-order valence-electron chi connectivity index (χ0n) is 41.5. The van der Waals surface area contributed by atoms with Gasteiger partial charge in [-0.15, -0.1) is 0 Å². The second kappa shape index (κ2) is 23.5. The maximum atomic E-state index is 14.5. The summed E-state index contributed by atoms with van der Waals surface area (Å²) in [6.07, 6.45) is -9.95. The number of nitrogens with zero attached hydrogens (tertiary/aromatic N) is 2. The highest BCUT2D eigenvalue weighted by atomic mass is 16.7. The molecule has 3 saturated heterocycles. The summed E-state index contributed by atoms with van der Waals surface area (Å²) in [5.74, 6) is -4.60. The number of likely N-dealkylation sites (N-methyl/N-ethyl adjacent to an activating group) is 1. The number of cyclic esters (lactones) is 1. The van der Waals surface area contributed by atoms with Gasteiger partial charge in [-0.25, -0.2) is 0 Å². The molecule has 3 heterocycles. The van der Waals surface area contributed by atoms with Crippen LogP contribution in [-0.4, -0.2) is 180 Å². The van der Waals surface area contributed by atoms with Gasteiger partial charge in [-0.1, -0.05) is 34.6 Å². The van der Waals surface area contributed by atoms with Gasteiger partial charge in [0.1, 0.15) is 29.5 Å². The number of rotatable bonds is 14. The van der Waals surface area contributed by atoms with Crippen LogP contribution in [0.1, 0.15) is 122 Å². The van der Waals surface area contributed by atoms with Crippen molar-refractivity contribution in [3.05, 3.63) is 0 Å². The van der Waals surface area contributed by atoms with Crippen LogP contribution in [0.3, 0.4) is 0 Å². The van der Waals surface area contributed by atoms with E-state index in [9.17, 15) is 34.5 Å². The van der Waals surface area contributed by atoms with Gasteiger partial charge in [-0.3, -0.25) is 19.2 Å². The number of carbonyl (C=O) groups excluding carboxylic acids is 4. The number of methoxy groups -OCH3 is 2. The summed E-state index contributed by atoms with van der Waals surface area (Å²) in [6.45, 7) is 24.4. The third-order valence-electron chi connectivity index (χ3n) is 14.2. The number of aliphatic hydroxyl groups excluding tert-OH is 2. The molecule has 4 N–H and O–H groups in total. The average molecular weight is 918 g/mol. The largest absolute Gasteiger partial charge is 0.459 e. The van der Waals surface area contributed by atoms with Crippen LogP contribution in [0.25, 0.3) is 0 Å². The van der Waals surface area contributed by atoms with Gasteiger partial charge in [0.25, 0.3) is 0 Å². The minimum atomic E-state index is -2.00. The number of ether oxygens (including phenoxy) is 8. The SMILES string of the molecule is CC[C@H]1OC(=O)[C@H](C)[C@@H](O[C@H]2C[C@@](C)(OC)C(OC(=O)CCN(CC)CC)[C@H](C)O2)[C@H](C)[C@@H](O[C@@H]2O[C@H](C)C[C@H](N(C)C(C)=O)[C@H]2O)[C@](C)(OC)C[C@@H](C)C(=O)N[C@H](C)[C@@H](O)[C@]1(C)O.